The molecule has 0 unspecified atom stereocenters. The lowest BCUT2D eigenvalue weighted by atomic mass is 10.1. The molecule has 0 saturated carbocycles. The van der Waals surface area contributed by atoms with E-state index in [9.17, 15) is 9.59 Å². The molecule has 23 heavy (non-hydrogen) atoms. The van der Waals surface area contributed by atoms with Crippen molar-refractivity contribution in [1.82, 2.24) is 5.32 Å². The Kier molecular flexibility index (Phi) is 6.44. The Bertz CT molecular complexity index is 520. The molecule has 5 heteroatoms. The van der Waals surface area contributed by atoms with Gasteiger partial charge in [-0.05, 0) is 55.9 Å². The van der Waals surface area contributed by atoms with Crippen molar-refractivity contribution in [3.8, 4) is 0 Å². The molecule has 5 nitrogen and oxygen atoms in total. The first-order valence-electron chi connectivity index (χ1n) is 8.50. The van der Waals surface area contributed by atoms with Gasteiger partial charge in [-0.15, -0.1) is 0 Å². The highest BCUT2D eigenvalue weighted by Crippen LogP contribution is 2.21. The molecule has 0 radical (unpaired) electrons. The molecule has 0 aromatic heterocycles. The zero-order valence-corrected chi connectivity index (χ0v) is 14.1. The minimum Gasteiger partial charge on any atom is -0.372 e. The molecular weight excluding hydrogens is 290 g/mol. The highest BCUT2D eigenvalue weighted by molar-refractivity contribution is 6.39. The topological polar surface area (TPSA) is 61.4 Å². The van der Waals surface area contributed by atoms with Crippen molar-refractivity contribution in [3.05, 3.63) is 24.3 Å². The largest absolute Gasteiger partial charge is 0.372 e. The van der Waals surface area contributed by atoms with E-state index in [0.717, 1.165) is 19.5 Å². The van der Waals surface area contributed by atoms with E-state index < -0.39 is 11.8 Å². The molecule has 1 aliphatic heterocycles. The summed E-state index contributed by atoms with van der Waals surface area (Å²) in [4.78, 5) is 25.9. The number of benzene rings is 1. The average Bonchev–Trinajstić information content (AvgIpc) is 2.56. The van der Waals surface area contributed by atoms with Crippen LogP contribution < -0.4 is 15.5 Å². The van der Waals surface area contributed by atoms with E-state index in [1.165, 1.54) is 24.9 Å². The van der Waals surface area contributed by atoms with Gasteiger partial charge in [0.1, 0.15) is 0 Å². The molecule has 1 fully saturated rings. The highest BCUT2D eigenvalue weighted by atomic mass is 16.2. The van der Waals surface area contributed by atoms with Gasteiger partial charge in [0.25, 0.3) is 0 Å². The van der Waals surface area contributed by atoms with Crippen LogP contribution in [0.25, 0.3) is 0 Å². The molecule has 0 bridgehead atoms. The Morgan fingerprint density at radius 2 is 1.70 bits per heavy atom. The fraction of sp³-hybridized carbons (Fsp3) is 0.556. The lowest BCUT2D eigenvalue weighted by Crippen LogP contribution is -2.36. The van der Waals surface area contributed by atoms with E-state index in [-0.39, 0.29) is 0 Å². The third kappa shape index (κ3) is 5.58. The fourth-order valence-corrected chi connectivity index (χ4v) is 2.65. The Hall–Kier alpha value is -2.04. The van der Waals surface area contributed by atoms with E-state index in [4.69, 9.17) is 0 Å². The quantitative estimate of drug-likeness (QED) is 0.821. The maximum atomic E-state index is 11.8. The summed E-state index contributed by atoms with van der Waals surface area (Å²) in [7, 11) is 0. The predicted molar refractivity (Wildman–Crippen MR) is 93.6 cm³/mol. The SMILES string of the molecule is CC(C)CCNC(=O)C(=O)Nc1ccc(N2CCCCC2)cc1. The molecular formula is C18H27N3O2. The number of anilines is 2. The number of piperidine rings is 1. The highest BCUT2D eigenvalue weighted by Gasteiger charge is 2.14. The van der Waals surface area contributed by atoms with Crippen LogP contribution >= 0.6 is 0 Å². The third-order valence-corrected chi connectivity index (χ3v) is 4.06. The van der Waals surface area contributed by atoms with E-state index in [1.54, 1.807) is 0 Å². The first kappa shape index (κ1) is 17.3. The van der Waals surface area contributed by atoms with Gasteiger partial charge in [0.2, 0.25) is 0 Å². The van der Waals surface area contributed by atoms with Crippen LogP contribution in [-0.4, -0.2) is 31.4 Å². The second-order valence-electron chi connectivity index (χ2n) is 6.49. The van der Waals surface area contributed by atoms with Crippen LogP contribution in [0.15, 0.2) is 24.3 Å². The van der Waals surface area contributed by atoms with Crippen LogP contribution in [0, 0.1) is 5.92 Å². The Morgan fingerprint density at radius 3 is 2.30 bits per heavy atom. The number of carbonyl (C=O) groups excluding carboxylic acids is 2. The van der Waals surface area contributed by atoms with Crippen molar-refractivity contribution in [2.75, 3.05) is 29.9 Å². The second kappa shape index (κ2) is 8.56. The normalized spacial score (nSPS) is 14.7. The molecule has 1 saturated heterocycles. The van der Waals surface area contributed by atoms with Gasteiger partial charge < -0.3 is 15.5 Å². The lowest BCUT2D eigenvalue weighted by Gasteiger charge is -2.28. The smallest absolute Gasteiger partial charge is 0.313 e. The molecule has 0 atom stereocenters. The maximum absolute atomic E-state index is 11.8. The van der Waals surface area contributed by atoms with Gasteiger partial charge in [-0.2, -0.15) is 0 Å². The zero-order valence-electron chi connectivity index (χ0n) is 14.1. The Balaban J connectivity index is 1.82. The van der Waals surface area contributed by atoms with E-state index in [2.05, 4.69) is 29.4 Å². The average molecular weight is 317 g/mol. The van der Waals surface area contributed by atoms with Crippen molar-refractivity contribution in [2.45, 2.75) is 39.5 Å². The first-order chi connectivity index (χ1) is 11.1. The van der Waals surface area contributed by atoms with Crippen LogP contribution in [-0.2, 0) is 9.59 Å². The van der Waals surface area contributed by atoms with Crippen LogP contribution in [0.3, 0.4) is 0 Å². The van der Waals surface area contributed by atoms with Crippen molar-refractivity contribution >= 4 is 23.2 Å². The van der Waals surface area contributed by atoms with Crippen molar-refractivity contribution in [2.24, 2.45) is 5.92 Å². The van der Waals surface area contributed by atoms with Crippen molar-refractivity contribution in [3.63, 3.8) is 0 Å². The molecule has 2 amide bonds. The Morgan fingerprint density at radius 1 is 1.04 bits per heavy atom. The van der Waals surface area contributed by atoms with E-state index in [0.29, 0.717) is 18.2 Å². The lowest BCUT2D eigenvalue weighted by molar-refractivity contribution is -0.136. The second-order valence-corrected chi connectivity index (χ2v) is 6.49. The van der Waals surface area contributed by atoms with Crippen molar-refractivity contribution in [1.29, 1.82) is 0 Å². The molecule has 1 heterocycles. The number of hydrogen-bond donors (Lipinski definition) is 2. The zero-order chi connectivity index (χ0) is 16.7. The summed E-state index contributed by atoms with van der Waals surface area (Å²) in [6.45, 7) is 6.86. The van der Waals surface area contributed by atoms with E-state index >= 15 is 0 Å². The summed E-state index contributed by atoms with van der Waals surface area (Å²) in [5, 5.41) is 5.28. The molecule has 1 aliphatic rings. The molecule has 1 aromatic rings. The Labute approximate surface area is 138 Å². The van der Waals surface area contributed by atoms with Gasteiger partial charge in [-0.1, -0.05) is 13.8 Å². The number of rotatable bonds is 5. The van der Waals surface area contributed by atoms with Crippen LogP contribution in [0.4, 0.5) is 11.4 Å². The summed E-state index contributed by atoms with van der Waals surface area (Å²) in [6, 6.07) is 7.70. The van der Waals surface area contributed by atoms with Gasteiger partial charge in [-0.3, -0.25) is 9.59 Å². The number of carbonyl (C=O) groups is 2. The monoisotopic (exact) mass is 317 g/mol. The molecule has 2 N–H and O–H groups in total. The summed E-state index contributed by atoms with van der Waals surface area (Å²) in [6.07, 6.45) is 4.63. The van der Waals surface area contributed by atoms with Crippen LogP contribution in [0.2, 0.25) is 0 Å². The standard InChI is InChI=1S/C18H27N3O2/c1-14(2)10-11-19-17(22)18(23)20-15-6-8-16(9-7-15)21-12-4-3-5-13-21/h6-9,14H,3-5,10-13H2,1-2H3,(H,19,22)(H,20,23). The predicted octanol–water partition coefficient (Wildman–Crippen LogP) is 2.78. The molecule has 1 aromatic carbocycles. The molecule has 2 rings (SSSR count). The van der Waals surface area contributed by atoms with Crippen molar-refractivity contribution < 1.29 is 9.59 Å². The number of nitrogens with one attached hydrogen (secondary N) is 2. The van der Waals surface area contributed by atoms with Crippen LogP contribution in [0.5, 0.6) is 0 Å². The van der Waals surface area contributed by atoms with Gasteiger partial charge in [0, 0.05) is 31.0 Å². The van der Waals surface area contributed by atoms with Gasteiger partial charge in [0.15, 0.2) is 0 Å². The number of hydrogen-bond acceptors (Lipinski definition) is 3. The summed E-state index contributed by atoms with van der Waals surface area (Å²) in [5.41, 5.74) is 1.82. The van der Waals surface area contributed by atoms with Gasteiger partial charge in [0.05, 0.1) is 0 Å². The molecule has 0 aliphatic carbocycles. The fourth-order valence-electron chi connectivity index (χ4n) is 2.65. The number of amides is 2. The molecule has 0 spiro atoms. The van der Waals surface area contributed by atoms with E-state index in [1.807, 2.05) is 24.3 Å². The molecule has 126 valence electrons. The maximum Gasteiger partial charge on any atom is 0.313 e. The minimum atomic E-state index is -0.612. The minimum absolute atomic E-state index is 0.501. The summed E-state index contributed by atoms with van der Waals surface area (Å²) < 4.78 is 0. The number of nitrogens with zero attached hydrogens (tertiary/aromatic N) is 1. The summed E-state index contributed by atoms with van der Waals surface area (Å²) >= 11 is 0. The van der Waals surface area contributed by atoms with Crippen LogP contribution in [0.1, 0.15) is 39.5 Å². The van der Waals surface area contributed by atoms with Gasteiger partial charge >= 0.3 is 11.8 Å². The third-order valence-electron chi connectivity index (χ3n) is 4.06. The first-order valence-corrected chi connectivity index (χ1v) is 8.50. The summed E-state index contributed by atoms with van der Waals surface area (Å²) in [5.74, 6) is -0.689. The van der Waals surface area contributed by atoms with Gasteiger partial charge in [-0.25, -0.2) is 0 Å².